The van der Waals surface area contributed by atoms with Crippen LogP contribution in [0.5, 0.6) is 0 Å². The Morgan fingerprint density at radius 3 is 2.79 bits per heavy atom. The number of hydrogen-bond acceptors (Lipinski definition) is 5. The van der Waals surface area contributed by atoms with Crippen LogP contribution in [0.25, 0.3) is 11.5 Å². The van der Waals surface area contributed by atoms with Crippen LogP contribution in [-0.2, 0) is 7.05 Å². The number of benzene rings is 1. The van der Waals surface area contributed by atoms with E-state index in [0.29, 0.717) is 18.5 Å². The Morgan fingerprint density at radius 2 is 2.00 bits per heavy atom. The third-order valence-electron chi connectivity index (χ3n) is 4.93. The minimum Gasteiger partial charge on any atom is -0.418 e. The van der Waals surface area contributed by atoms with E-state index < -0.39 is 5.82 Å². The van der Waals surface area contributed by atoms with Gasteiger partial charge in [0, 0.05) is 25.9 Å². The van der Waals surface area contributed by atoms with Gasteiger partial charge >= 0.3 is 0 Å². The van der Waals surface area contributed by atoms with Crippen LogP contribution in [0.2, 0.25) is 0 Å². The summed E-state index contributed by atoms with van der Waals surface area (Å²) in [7, 11) is 1.60. The maximum atomic E-state index is 14.0. The van der Waals surface area contributed by atoms with Crippen molar-refractivity contribution >= 4 is 5.91 Å². The van der Waals surface area contributed by atoms with Crippen LogP contribution in [0.15, 0.2) is 51.8 Å². The largest absolute Gasteiger partial charge is 0.418 e. The topological polar surface area (TPSA) is 81.2 Å². The van der Waals surface area contributed by atoms with Gasteiger partial charge in [-0.3, -0.25) is 9.59 Å². The smallest absolute Gasteiger partial charge is 0.256 e. The first-order valence-electron chi connectivity index (χ1n) is 9.10. The van der Waals surface area contributed by atoms with Gasteiger partial charge in [0.1, 0.15) is 11.9 Å². The van der Waals surface area contributed by atoms with Gasteiger partial charge in [-0.1, -0.05) is 12.1 Å². The molecule has 1 aliphatic rings. The molecule has 3 heterocycles. The summed E-state index contributed by atoms with van der Waals surface area (Å²) in [6, 6.07) is 8.69. The average molecular weight is 382 g/mol. The van der Waals surface area contributed by atoms with Crippen LogP contribution in [0.4, 0.5) is 4.39 Å². The monoisotopic (exact) mass is 382 g/mol. The minimum atomic E-state index is -0.445. The van der Waals surface area contributed by atoms with Crippen molar-refractivity contribution in [3.8, 4) is 11.5 Å². The second-order valence-corrected chi connectivity index (χ2v) is 6.80. The highest BCUT2D eigenvalue weighted by molar-refractivity contribution is 5.94. The van der Waals surface area contributed by atoms with E-state index >= 15 is 0 Å². The van der Waals surface area contributed by atoms with E-state index in [1.807, 2.05) is 0 Å². The molecular formula is C20H19FN4O3. The molecule has 1 atom stereocenters. The molecule has 1 aliphatic heterocycles. The fourth-order valence-corrected chi connectivity index (χ4v) is 3.43. The van der Waals surface area contributed by atoms with Gasteiger partial charge in [-0.05, 0) is 37.5 Å². The summed E-state index contributed by atoms with van der Waals surface area (Å²) in [5.41, 5.74) is 0.467. The first-order chi connectivity index (χ1) is 13.5. The molecule has 0 saturated carbocycles. The van der Waals surface area contributed by atoms with Crippen molar-refractivity contribution in [2.24, 2.45) is 7.05 Å². The standard InChI is InChI=1S/C20H19FN4O3/c1-24-12-13(9-10-17(24)26)20(27)25-11-5-4-8-16(25)19-23-22-18(28-19)14-6-2-3-7-15(14)21/h2-3,6-7,9-10,12,16H,4-5,8,11H2,1H3. The zero-order valence-electron chi connectivity index (χ0n) is 15.3. The predicted molar refractivity (Wildman–Crippen MR) is 99.0 cm³/mol. The lowest BCUT2D eigenvalue weighted by atomic mass is 10.0. The Kier molecular flexibility index (Phi) is 4.77. The summed E-state index contributed by atoms with van der Waals surface area (Å²) >= 11 is 0. The number of nitrogens with zero attached hydrogens (tertiary/aromatic N) is 4. The molecule has 1 amide bonds. The maximum absolute atomic E-state index is 14.0. The number of amides is 1. The molecule has 8 heteroatoms. The van der Waals surface area contributed by atoms with Crippen molar-refractivity contribution in [3.05, 3.63) is 70.2 Å². The number of aromatic nitrogens is 3. The fourth-order valence-electron chi connectivity index (χ4n) is 3.43. The summed E-state index contributed by atoms with van der Waals surface area (Å²) < 4.78 is 21.1. The zero-order valence-corrected chi connectivity index (χ0v) is 15.3. The van der Waals surface area contributed by atoms with Crippen molar-refractivity contribution in [1.82, 2.24) is 19.7 Å². The van der Waals surface area contributed by atoms with E-state index in [2.05, 4.69) is 10.2 Å². The highest BCUT2D eigenvalue weighted by Crippen LogP contribution is 2.33. The molecule has 1 unspecified atom stereocenters. The van der Waals surface area contributed by atoms with Crippen molar-refractivity contribution in [2.45, 2.75) is 25.3 Å². The number of carbonyl (C=O) groups is 1. The highest BCUT2D eigenvalue weighted by Gasteiger charge is 2.33. The minimum absolute atomic E-state index is 0.0909. The molecule has 1 aromatic carbocycles. The summed E-state index contributed by atoms with van der Waals surface area (Å²) in [4.78, 5) is 26.3. The van der Waals surface area contributed by atoms with Gasteiger partial charge in [0.05, 0.1) is 11.1 Å². The Labute approximate surface area is 160 Å². The Balaban J connectivity index is 1.64. The van der Waals surface area contributed by atoms with Crippen molar-refractivity contribution in [2.75, 3.05) is 6.54 Å². The molecule has 4 rings (SSSR count). The quantitative estimate of drug-likeness (QED) is 0.696. The second kappa shape index (κ2) is 7.38. The van der Waals surface area contributed by atoms with Crippen molar-refractivity contribution in [1.29, 1.82) is 0 Å². The van der Waals surface area contributed by atoms with Crippen LogP contribution in [0.3, 0.4) is 0 Å². The molecule has 0 bridgehead atoms. The predicted octanol–water partition coefficient (Wildman–Crippen LogP) is 2.94. The molecular weight excluding hydrogens is 363 g/mol. The molecule has 0 radical (unpaired) electrons. The SMILES string of the molecule is Cn1cc(C(=O)N2CCCCC2c2nnc(-c3ccccc3F)o2)ccc1=O. The Hall–Kier alpha value is -3.29. The van der Waals surface area contributed by atoms with E-state index in [9.17, 15) is 14.0 Å². The molecule has 3 aromatic rings. The van der Waals surface area contributed by atoms with Gasteiger partial charge in [-0.2, -0.15) is 0 Å². The molecule has 0 aliphatic carbocycles. The molecule has 1 fully saturated rings. The van der Waals surface area contributed by atoms with Gasteiger partial charge in [0.15, 0.2) is 0 Å². The lowest BCUT2D eigenvalue weighted by molar-refractivity contribution is 0.0571. The average Bonchev–Trinajstić information content (AvgIpc) is 3.20. The molecule has 28 heavy (non-hydrogen) atoms. The molecule has 0 N–H and O–H groups in total. The molecule has 144 valence electrons. The third kappa shape index (κ3) is 3.33. The number of pyridine rings is 1. The van der Waals surface area contributed by atoms with E-state index in [-0.39, 0.29) is 34.9 Å². The normalized spacial score (nSPS) is 16.9. The summed E-state index contributed by atoms with van der Waals surface area (Å²) in [6.45, 7) is 0.545. The van der Waals surface area contributed by atoms with Crippen LogP contribution >= 0.6 is 0 Å². The fraction of sp³-hybridized carbons (Fsp3) is 0.300. The number of rotatable bonds is 3. The third-order valence-corrected chi connectivity index (χ3v) is 4.93. The summed E-state index contributed by atoms with van der Waals surface area (Å²) in [5, 5.41) is 8.06. The Bertz CT molecular complexity index is 1080. The van der Waals surface area contributed by atoms with Crippen molar-refractivity contribution < 1.29 is 13.6 Å². The van der Waals surface area contributed by atoms with Crippen LogP contribution in [-0.4, -0.2) is 32.1 Å². The first-order valence-corrected chi connectivity index (χ1v) is 9.10. The number of hydrogen-bond donors (Lipinski definition) is 0. The van der Waals surface area contributed by atoms with Gasteiger partial charge in [0.25, 0.3) is 11.8 Å². The number of likely N-dealkylation sites (tertiary alicyclic amines) is 1. The number of carbonyl (C=O) groups excluding carboxylic acids is 1. The maximum Gasteiger partial charge on any atom is 0.256 e. The van der Waals surface area contributed by atoms with E-state index in [1.165, 1.54) is 29.0 Å². The number of halogens is 1. The van der Waals surface area contributed by atoms with Gasteiger partial charge in [0.2, 0.25) is 11.4 Å². The van der Waals surface area contributed by atoms with Gasteiger partial charge in [-0.25, -0.2) is 4.39 Å². The number of piperidine rings is 1. The Morgan fingerprint density at radius 1 is 1.18 bits per heavy atom. The van der Waals surface area contributed by atoms with E-state index in [1.54, 1.807) is 30.1 Å². The van der Waals surface area contributed by atoms with E-state index in [4.69, 9.17) is 4.42 Å². The summed E-state index contributed by atoms with van der Waals surface area (Å²) in [5.74, 6) is -0.269. The molecule has 0 spiro atoms. The second-order valence-electron chi connectivity index (χ2n) is 6.80. The lowest BCUT2D eigenvalue weighted by Gasteiger charge is -2.33. The number of aryl methyl sites for hydroxylation is 1. The van der Waals surface area contributed by atoms with Gasteiger partial charge < -0.3 is 13.9 Å². The molecule has 1 saturated heterocycles. The van der Waals surface area contributed by atoms with Crippen LogP contribution in [0.1, 0.15) is 41.6 Å². The van der Waals surface area contributed by atoms with Gasteiger partial charge in [-0.15, -0.1) is 10.2 Å². The molecule has 2 aromatic heterocycles. The first kappa shape index (κ1) is 18.1. The van der Waals surface area contributed by atoms with Crippen LogP contribution < -0.4 is 5.56 Å². The molecule has 7 nitrogen and oxygen atoms in total. The van der Waals surface area contributed by atoms with E-state index in [0.717, 1.165) is 12.8 Å². The zero-order chi connectivity index (χ0) is 19.7. The lowest BCUT2D eigenvalue weighted by Crippen LogP contribution is -2.39. The van der Waals surface area contributed by atoms with Crippen molar-refractivity contribution in [3.63, 3.8) is 0 Å². The van der Waals surface area contributed by atoms with Crippen LogP contribution in [0, 0.1) is 5.82 Å². The summed E-state index contributed by atoms with van der Waals surface area (Å²) in [6.07, 6.45) is 3.98. The highest BCUT2D eigenvalue weighted by atomic mass is 19.1.